The third-order valence-corrected chi connectivity index (χ3v) is 3.76. The van der Waals surface area contributed by atoms with Gasteiger partial charge in [0, 0.05) is 4.47 Å². The molecule has 0 saturated carbocycles. The molecular formula is C12H10BrNO2S. The van der Waals surface area contributed by atoms with Crippen LogP contribution in [-0.4, -0.2) is 13.0 Å². The smallest absolute Gasteiger partial charge is 0.269 e. The molecule has 0 saturated heterocycles. The van der Waals surface area contributed by atoms with E-state index in [1.165, 1.54) is 11.3 Å². The van der Waals surface area contributed by atoms with Gasteiger partial charge in [0.2, 0.25) is 0 Å². The molecular weight excluding hydrogens is 302 g/mol. The Morgan fingerprint density at radius 3 is 2.82 bits per heavy atom. The summed E-state index contributed by atoms with van der Waals surface area (Å²) < 4.78 is 5.96. The van der Waals surface area contributed by atoms with E-state index in [-0.39, 0.29) is 5.91 Å². The van der Waals surface area contributed by atoms with Gasteiger partial charge in [-0.1, -0.05) is 12.1 Å². The van der Waals surface area contributed by atoms with Crippen LogP contribution in [-0.2, 0) is 0 Å². The number of amides is 1. The van der Waals surface area contributed by atoms with Gasteiger partial charge in [0.1, 0.15) is 10.6 Å². The molecule has 1 aromatic heterocycles. The number of thiophene rings is 1. The van der Waals surface area contributed by atoms with Gasteiger partial charge < -0.3 is 10.1 Å². The second kappa shape index (κ2) is 5.33. The van der Waals surface area contributed by atoms with Crippen molar-refractivity contribution in [2.24, 2.45) is 0 Å². The number of anilines is 1. The monoisotopic (exact) mass is 311 g/mol. The number of nitrogens with one attached hydrogen (secondary N) is 1. The third-order valence-electron chi connectivity index (χ3n) is 2.18. The Labute approximate surface area is 112 Å². The van der Waals surface area contributed by atoms with Crippen molar-refractivity contribution in [2.45, 2.75) is 0 Å². The van der Waals surface area contributed by atoms with Crippen LogP contribution in [0.3, 0.4) is 0 Å². The molecule has 0 spiro atoms. The van der Waals surface area contributed by atoms with Crippen molar-refractivity contribution in [2.75, 3.05) is 12.4 Å². The summed E-state index contributed by atoms with van der Waals surface area (Å²) in [6.45, 7) is 0. The van der Waals surface area contributed by atoms with E-state index in [0.29, 0.717) is 10.6 Å². The molecule has 88 valence electrons. The van der Waals surface area contributed by atoms with Crippen molar-refractivity contribution in [3.05, 3.63) is 45.1 Å². The molecule has 0 aliphatic heterocycles. The molecule has 0 atom stereocenters. The summed E-state index contributed by atoms with van der Waals surface area (Å²) in [5, 5.41) is 4.66. The number of carbonyl (C=O) groups excluding carboxylic acids is 1. The minimum Gasteiger partial charge on any atom is -0.495 e. The van der Waals surface area contributed by atoms with Crippen LogP contribution in [0.15, 0.2) is 40.2 Å². The minimum atomic E-state index is -0.163. The number of carbonyl (C=O) groups is 1. The first kappa shape index (κ1) is 12.1. The maximum atomic E-state index is 12.0. The zero-order valence-corrected chi connectivity index (χ0v) is 11.5. The van der Waals surface area contributed by atoms with E-state index < -0.39 is 0 Å². The SMILES string of the molecule is COc1ccsc1C(=O)Nc1ccccc1Br. The molecule has 1 aromatic carbocycles. The van der Waals surface area contributed by atoms with Crippen LogP contribution in [0.1, 0.15) is 9.67 Å². The Kier molecular flexibility index (Phi) is 3.81. The average molecular weight is 312 g/mol. The van der Waals surface area contributed by atoms with Crippen molar-refractivity contribution in [1.29, 1.82) is 0 Å². The molecule has 0 unspecified atom stereocenters. The number of ether oxygens (including phenoxy) is 1. The topological polar surface area (TPSA) is 38.3 Å². The lowest BCUT2D eigenvalue weighted by molar-refractivity contribution is 0.102. The van der Waals surface area contributed by atoms with E-state index >= 15 is 0 Å². The summed E-state index contributed by atoms with van der Waals surface area (Å²) in [7, 11) is 1.55. The molecule has 0 aliphatic rings. The predicted molar refractivity (Wildman–Crippen MR) is 73.0 cm³/mol. The number of para-hydroxylation sites is 1. The Hall–Kier alpha value is -1.33. The molecule has 2 aromatic rings. The predicted octanol–water partition coefficient (Wildman–Crippen LogP) is 3.77. The van der Waals surface area contributed by atoms with Gasteiger partial charge in [0.15, 0.2) is 0 Å². The second-order valence-electron chi connectivity index (χ2n) is 3.25. The van der Waals surface area contributed by atoms with Crippen molar-refractivity contribution in [3.63, 3.8) is 0 Å². The second-order valence-corrected chi connectivity index (χ2v) is 5.02. The lowest BCUT2D eigenvalue weighted by Crippen LogP contribution is -2.11. The van der Waals surface area contributed by atoms with Crippen molar-refractivity contribution in [3.8, 4) is 5.75 Å². The van der Waals surface area contributed by atoms with Crippen LogP contribution < -0.4 is 10.1 Å². The van der Waals surface area contributed by atoms with Crippen LogP contribution in [0.25, 0.3) is 0 Å². The number of halogens is 1. The average Bonchev–Trinajstić information content (AvgIpc) is 2.80. The van der Waals surface area contributed by atoms with E-state index in [1.807, 2.05) is 29.6 Å². The van der Waals surface area contributed by atoms with E-state index in [2.05, 4.69) is 21.2 Å². The molecule has 3 nitrogen and oxygen atoms in total. The highest BCUT2D eigenvalue weighted by Gasteiger charge is 2.14. The van der Waals surface area contributed by atoms with Gasteiger partial charge in [-0.3, -0.25) is 4.79 Å². The number of benzene rings is 1. The molecule has 0 radical (unpaired) electrons. The number of hydrogen-bond donors (Lipinski definition) is 1. The van der Waals surface area contributed by atoms with Gasteiger partial charge in [-0.15, -0.1) is 11.3 Å². The summed E-state index contributed by atoms with van der Waals surface area (Å²) >= 11 is 4.74. The normalized spacial score (nSPS) is 10.0. The Bertz CT molecular complexity index is 539. The molecule has 5 heteroatoms. The number of methoxy groups -OCH3 is 1. The maximum Gasteiger partial charge on any atom is 0.269 e. The maximum absolute atomic E-state index is 12.0. The quantitative estimate of drug-likeness (QED) is 0.937. The Morgan fingerprint density at radius 2 is 2.12 bits per heavy atom. The van der Waals surface area contributed by atoms with Crippen LogP contribution in [0.4, 0.5) is 5.69 Å². The van der Waals surface area contributed by atoms with Crippen molar-refractivity contribution < 1.29 is 9.53 Å². The van der Waals surface area contributed by atoms with Gasteiger partial charge in [-0.05, 0) is 39.5 Å². The van der Waals surface area contributed by atoms with Gasteiger partial charge >= 0.3 is 0 Å². The van der Waals surface area contributed by atoms with Gasteiger partial charge in [-0.2, -0.15) is 0 Å². The molecule has 1 amide bonds. The highest BCUT2D eigenvalue weighted by molar-refractivity contribution is 9.10. The highest BCUT2D eigenvalue weighted by atomic mass is 79.9. The molecule has 17 heavy (non-hydrogen) atoms. The minimum absolute atomic E-state index is 0.163. The first-order chi connectivity index (χ1) is 8.22. The molecule has 1 N–H and O–H groups in total. The fourth-order valence-corrected chi connectivity index (χ4v) is 2.50. The van der Waals surface area contributed by atoms with E-state index in [1.54, 1.807) is 13.2 Å². The van der Waals surface area contributed by atoms with Crippen molar-refractivity contribution >= 4 is 38.9 Å². The van der Waals surface area contributed by atoms with Gasteiger partial charge in [0.25, 0.3) is 5.91 Å². The Morgan fingerprint density at radius 1 is 1.35 bits per heavy atom. The molecule has 0 aliphatic carbocycles. The molecule has 2 rings (SSSR count). The molecule has 0 fully saturated rings. The zero-order chi connectivity index (χ0) is 12.3. The number of rotatable bonds is 3. The summed E-state index contributed by atoms with van der Waals surface area (Å²) in [6.07, 6.45) is 0. The first-order valence-electron chi connectivity index (χ1n) is 4.89. The molecule has 0 bridgehead atoms. The lowest BCUT2D eigenvalue weighted by Gasteiger charge is -2.06. The summed E-state index contributed by atoms with van der Waals surface area (Å²) in [6, 6.07) is 9.25. The van der Waals surface area contributed by atoms with Crippen LogP contribution >= 0.6 is 27.3 Å². The van der Waals surface area contributed by atoms with Gasteiger partial charge in [-0.25, -0.2) is 0 Å². The van der Waals surface area contributed by atoms with Crippen LogP contribution in [0.5, 0.6) is 5.75 Å². The van der Waals surface area contributed by atoms with Crippen molar-refractivity contribution in [1.82, 2.24) is 0 Å². The fourth-order valence-electron chi connectivity index (χ4n) is 1.37. The van der Waals surface area contributed by atoms with Crippen LogP contribution in [0.2, 0.25) is 0 Å². The zero-order valence-electron chi connectivity index (χ0n) is 9.07. The van der Waals surface area contributed by atoms with E-state index in [4.69, 9.17) is 4.74 Å². The summed E-state index contributed by atoms with van der Waals surface area (Å²) in [5.41, 5.74) is 0.743. The lowest BCUT2D eigenvalue weighted by atomic mass is 10.3. The fraction of sp³-hybridized carbons (Fsp3) is 0.0833. The summed E-state index contributed by atoms with van der Waals surface area (Å²) in [5.74, 6) is 0.434. The van der Waals surface area contributed by atoms with Gasteiger partial charge in [0.05, 0.1) is 12.8 Å². The van der Waals surface area contributed by atoms with E-state index in [0.717, 1.165) is 10.2 Å². The number of hydrogen-bond acceptors (Lipinski definition) is 3. The standard InChI is InChI=1S/C12H10BrNO2S/c1-16-10-6-7-17-11(10)12(15)14-9-5-3-2-4-8(9)13/h2-7H,1H3,(H,14,15). The first-order valence-corrected chi connectivity index (χ1v) is 6.57. The summed E-state index contributed by atoms with van der Waals surface area (Å²) in [4.78, 5) is 12.6. The Balaban J connectivity index is 2.20. The molecule has 1 heterocycles. The largest absolute Gasteiger partial charge is 0.495 e. The third kappa shape index (κ3) is 2.68. The van der Waals surface area contributed by atoms with E-state index in [9.17, 15) is 4.79 Å². The van der Waals surface area contributed by atoms with Crippen LogP contribution in [0, 0.1) is 0 Å². The highest BCUT2D eigenvalue weighted by Crippen LogP contribution is 2.27.